The highest BCUT2D eigenvalue weighted by Crippen LogP contribution is 2.42. The number of nitrogens with zero attached hydrogens (tertiary/aromatic N) is 1. The van der Waals surface area contributed by atoms with E-state index in [-0.39, 0.29) is 18.4 Å². The van der Waals surface area contributed by atoms with Crippen molar-refractivity contribution in [2.24, 2.45) is 11.8 Å². The molecule has 1 aliphatic carbocycles. The number of hydrogen-bond donors (Lipinski definition) is 2. The number of urea groups is 1. The quantitative estimate of drug-likeness (QED) is 0.804. The molecule has 0 aromatic heterocycles. The maximum atomic E-state index is 12.0. The summed E-state index contributed by atoms with van der Waals surface area (Å²) in [6, 6.07) is -1.94. The number of hydrogen-bond acceptors (Lipinski definition) is 2. The number of alkyl halides is 3. The average molecular weight is 280 g/mol. The predicted octanol–water partition coefficient (Wildman–Crippen LogP) is 1.44. The van der Waals surface area contributed by atoms with Crippen molar-refractivity contribution >= 4 is 12.0 Å². The van der Waals surface area contributed by atoms with Gasteiger partial charge in [-0.2, -0.15) is 13.2 Å². The van der Waals surface area contributed by atoms with Crippen LogP contribution in [0.15, 0.2) is 0 Å². The van der Waals surface area contributed by atoms with E-state index in [2.05, 4.69) is 0 Å². The molecule has 5 nitrogen and oxygen atoms in total. The Bertz CT molecular complexity index is 386. The Morgan fingerprint density at radius 2 is 2.00 bits per heavy atom. The van der Waals surface area contributed by atoms with E-state index in [1.807, 2.05) is 0 Å². The molecule has 3 atom stereocenters. The summed E-state index contributed by atoms with van der Waals surface area (Å²) in [5.74, 6) is -1.18. The van der Waals surface area contributed by atoms with E-state index < -0.39 is 30.8 Å². The maximum absolute atomic E-state index is 12.0. The fourth-order valence-corrected chi connectivity index (χ4v) is 3.11. The van der Waals surface area contributed by atoms with Gasteiger partial charge in [-0.05, 0) is 24.7 Å². The average Bonchev–Trinajstić information content (AvgIpc) is 2.82. The van der Waals surface area contributed by atoms with E-state index in [0.29, 0.717) is 6.42 Å². The Hall–Kier alpha value is -1.47. The molecule has 0 spiro atoms. The van der Waals surface area contributed by atoms with E-state index in [9.17, 15) is 22.8 Å². The molecule has 1 heterocycles. The lowest BCUT2D eigenvalue weighted by atomic mass is 9.94. The summed E-state index contributed by atoms with van der Waals surface area (Å²) < 4.78 is 36.1. The molecule has 2 rings (SSSR count). The first-order valence-electron chi connectivity index (χ1n) is 6.13. The lowest BCUT2D eigenvalue weighted by Gasteiger charge is -2.24. The van der Waals surface area contributed by atoms with E-state index in [0.717, 1.165) is 17.7 Å². The zero-order valence-corrected chi connectivity index (χ0v) is 10.1. The molecule has 2 amide bonds. The Morgan fingerprint density at radius 1 is 1.32 bits per heavy atom. The lowest BCUT2D eigenvalue weighted by Crippen LogP contribution is -2.49. The Balaban J connectivity index is 2.02. The molecular weight excluding hydrogens is 265 g/mol. The molecule has 1 saturated heterocycles. The van der Waals surface area contributed by atoms with E-state index in [1.165, 1.54) is 0 Å². The standard InChI is InChI=1S/C11H15F3N2O3/c12-11(13,14)5-15-10(19)16-4-6-2-1-3-7(6)8(16)9(17)18/h6-8H,1-5H2,(H,15,19)(H,17,18). The van der Waals surface area contributed by atoms with Crippen molar-refractivity contribution < 1.29 is 27.9 Å². The third-order valence-electron chi connectivity index (χ3n) is 3.84. The molecule has 3 unspecified atom stereocenters. The third kappa shape index (κ3) is 2.93. The smallest absolute Gasteiger partial charge is 0.405 e. The first-order valence-corrected chi connectivity index (χ1v) is 6.13. The van der Waals surface area contributed by atoms with Crippen molar-refractivity contribution in [3.05, 3.63) is 0 Å². The highest BCUT2D eigenvalue weighted by atomic mass is 19.4. The molecule has 0 bridgehead atoms. The number of rotatable bonds is 2. The first kappa shape index (κ1) is 14.0. The molecule has 0 radical (unpaired) electrons. The van der Waals surface area contributed by atoms with Crippen molar-refractivity contribution in [2.45, 2.75) is 31.5 Å². The Kier molecular flexibility index (Phi) is 3.60. The van der Waals surface area contributed by atoms with Gasteiger partial charge in [-0.3, -0.25) is 0 Å². The van der Waals surface area contributed by atoms with Gasteiger partial charge >= 0.3 is 18.2 Å². The van der Waals surface area contributed by atoms with Gasteiger partial charge in [-0.15, -0.1) is 0 Å². The van der Waals surface area contributed by atoms with Crippen LogP contribution < -0.4 is 5.32 Å². The highest BCUT2D eigenvalue weighted by molar-refractivity contribution is 5.83. The Labute approximate surface area is 107 Å². The van der Waals surface area contributed by atoms with Crippen molar-refractivity contribution in [3.63, 3.8) is 0 Å². The van der Waals surface area contributed by atoms with Crippen LogP contribution in [0.4, 0.5) is 18.0 Å². The highest BCUT2D eigenvalue weighted by Gasteiger charge is 2.49. The van der Waals surface area contributed by atoms with Crippen molar-refractivity contribution in [3.8, 4) is 0 Å². The minimum atomic E-state index is -4.50. The van der Waals surface area contributed by atoms with Gasteiger partial charge in [0.2, 0.25) is 0 Å². The van der Waals surface area contributed by atoms with Crippen LogP contribution in [0.2, 0.25) is 0 Å². The van der Waals surface area contributed by atoms with Gasteiger partial charge in [0.05, 0.1) is 0 Å². The molecule has 1 aliphatic heterocycles. The topological polar surface area (TPSA) is 69.6 Å². The number of halogens is 3. The zero-order chi connectivity index (χ0) is 14.2. The minimum Gasteiger partial charge on any atom is -0.480 e. The van der Waals surface area contributed by atoms with E-state index in [4.69, 9.17) is 5.11 Å². The molecule has 2 fully saturated rings. The van der Waals surface area contributed by atoms with Gasteiger partial charge in [0.15, 0.2) is 0 Å². The molecule has 8 heteroatoms. The van der Waals surface area contributed by atoms with E-state index in [1.54, 1.807) is 5.32 Å². The lowest BCUT2D eigenvalue weighted by molar-refractivity contribution is -0.142. The number of carbonyl (C=O) groups excluding carboxylic acids is 1. The first-order chi connectivity index (χ1) is 8.79. The van der Waals surface area contributed by atoms with Crippen LogP contribution in [-0.2, 0) is 4.79 Å². The summed E-state index contributed by atoms with van der Waals surface area (Å²) in [5, 5.41) is 10.9. The number of nitrogens with one attached hydrogen (secondary N) is 1. The second-order valence-corrected chi connectivity index (χ2v) is 5.06. The van der Waals surface area contributed by atoms with Gasteiger partial charge in [-0.25, -0.2) is 9.59 Å². The van der Waals surface area contributed by atoms with Crippen LogP contribution in [0.1, 0.15) is 19.3 Å². The molecule has 2 N–H and O–H groups in total. The van der Waals surface area contributed by atoms with Gasteiger partial charge < -0.3 is 15.3 Å². The fourth-order valence-electron chi connectivity index (χ4n) is 3.11. The van der Waals surface area contributed by atoms with Crippen LogP contribution in [-0.4, -0.2) is 47.3 Å². The second kappa shape index (κ2) is 4.90. The van der Waals surface area contributed by atoms with Gasteiger partial charge in [0.25, 0.3) is 0 Å². The minimum absolute atomic E-state index is 0.0951. The van der Waals surface area contributed by atoms with Crippen LogP contribution in [0.5, 0.6) is 0 Å². The van der Waals surface area contributed by atoms with E-state index >= 15 is 0 Å². The van der Waals surface area contributed by atoms with Gasteiger partial charge in [0, 0.05) is 6.54 Å². The number of likely N-dealkylation sites (tertiary alicyclic amines) is 1. The zero-order valence-electron chi connectivity index (χ0n) is 10.1. The second-order valence-electron chi connectivity index (χ2n) is 5.06. The number of carboxylic acid groups (broad SMARTS) is 1. The van der Waals surface area contributed by atoms with Crippen molar-refractivity contribution in [1.82, 2.24) is 10.2 Å². The molecule has 0 aromatic rings. The summed E-state index contributed by atoms with van der Waals surface area (Å²) in [6.07, 6.45) is -2.04. The van der Waals surface area contributed by atoms with Crippen LogP contribution in [0.3, 0.4) is 0 Å². The number of aliphatic carboxylic acids is 1. The molecule has 19 heavy (non-hydrogen) atoms. The van der Waals surface area contributed by atoms with Crippen LogP contribution in [0.25, 0.3) is 0 Å². The summed E-state index contributed by atoms with van der Waals surface area (Å²) in [6.45, 7) is -1.21. The predicted molar refractivity (Wildman–Crippen MR) is 58.4 cm³/mol. The van der Waals surface area contributed by atoms with Crippen LogP contribution in [0, 0.1) is 11.8 Å². The van der Waals surface area contributed by atoms with Gasteiger partial charge in [-0.1, -0.05) is 6.42 Å². The third-order valence-corrected chi connectivity index (χ3v) is 3.84. The summed E-state index contributed by atoms with van der Waals surface area (Å²) in [4.78, 5) is 23.9. The van der Waals surface area contributed by atoms with Crippen molar-refractivity contribution in [1.29, 1.82) is 0 Å². The summed E-state index contributed by atoms with van der Waals surface area (Å²) >= 11 is 0. The molecule has 108 valence electrons. The molecule has 1 saturated carbocycles. The molecule has 0 aromatic carbocycles. The normalized spacial score (nSPS) is 30.3. The number of fused-ring (bicyclic) bond motifs is 1. The maximum Gasteiger partial charge on any atom is 0.405 e. The number of carboxylic acids is 1. The molecule has 2 aliphatic rings. The van der Waals surface area contributed by atoms with Gasteiger partial charge in [0.1, 0.15) is 12.6 Å². The summed E-state index contributed by atoms with van der Waals surface area (Å²) in [5.41, 5.74) is 0. The summed E-state index contributed by atoms with van der Waals surface area (Å²) in [7, 11) is 0. The monoisotopic (exact) mass is 280 g/mol. The molecular formula is C11H15F3N2O3. The number of amides is 2. The Morgan fingerprint density at radius 3 is 2.58 bits per heavy atom. The largest absolute Gasteiger partial charge is 0.480 e. The van der Waals surface area contributed by atoms with Crippen molar-refractivity contribution in [2.75, 3.05) is 13.1 Å². The SMILES string of the molecule is O=C(O)C1C2CCCC2CN1C(=O)NCC(F)(F)F. The fraction of sp³-hybridized carbons (Fsp3) is 0.818. The number of carbonyl (C=O) groups is 2. The van der Waals surface area contributed by atoms with Crippen LogP contribution >= 0.6 is 0 Å².